The molecule has 1 N–H and O–H groups in total. The van der Waals surface area contributed by atoms with Crippen LogP contribution in [0.1, 0.15) is 12.5 Å². The number of aromatic nitrogens is 2. The molecule has 2 aromatic rings. The summed E-state index contributed by atoms with van der Waals surface area (Å²) >= 11 is 0. The van der Waals surface area contributed by atoms with Gasteiger partial charge in [0.25, 0.3) is 5.56 Å². The Morgan fingerprint density at radius 2 is 2.03 bits per heavy atom. The molecule has 2 unspecified atom stereocenters. The number of benzene rings is 1. The van der Waals surface area contributed by atoms with E-state index in [-0.39, 0.29) is 18.1 Å². The number of nitrogens with one attached hydrogen (secondary N) is 1. The summed E-state index contributed by atoms with van der Waals surface area (Å²) in [5.74, 6) is -0.942. The highest BCUT2D eigenvalue weighted by Gasteiger charge is 2.39. The number of hydrogen-bond donors (Lipinski definition) is 1. The van der Waals surface area contributed by atoms with Crippen molar-refractivity contribution in [2.45, 2.75) is 32.2 Å². The maximum Gasteiger partial charge on any atom is 0.274 e. The van der Waals surface area contributed by atoms with Crippen LogP contribution < -0.4 is 15.8 Å². The van der Waals surface area contributed by atoms with Crippen LogP contribution in [-0.2, 0) is 11.3 Å². The number of rotatable bonds is 5. The van der Waals surface area contributed by atoms with Crippen LogP contribution in [0.25, 0.3) is 0 Å². The zero-order chi connectivity index (χ0) is 22.9. The summed E-state index contributed by atoms with van der Waals surface area (Å²) in [6, 6.07) is 7.17. The first kappa shape index (κ1) is 22.1. The molecule has 9 heteroatoms. The topological polar surface area (TPSA) is 59.4 Å². The normalized spacial score (nSPS) is 23.5. The molecule has 0 radical (unpaired) electrons. The molecule has 2 atom stereocenters. The molecule has 32 heavy (non-hydrogen) atoms. The van der Waals surface area contributed by atoms with Gasteiger partial charge >= 0.3 is 0 Å². The van der Waals surface area contributed by atoms with E-state index < -0.39 is 23.2 Å². The van der Waals surface area contributed by atoms with Gasteiger partial charge in [-0.15, -0.1) is 0 Å². The molecule has 0 bridgehead atoms. The molecule has 1 saturated heterocycles. The Hall–Kier alpha value is -3.07. The van der Waals surface area contributed by atoms with Crippen molar-refractivity contribution in [1.82, 2.24) is 9.55 Å². The Morgan fingerprint density at radius 3 is 2.72 bits per heavy atom. The van der Waals surface area contributed by atoms with Crippen LogP contribution in [0.4, 0.5) is 30.5 Å². The summed E-state index contributed by atoms with van der Waals surface area (Å²) in [7, 11) is 0. The van der Waals surface area contributed by atoms with Gasteiger partial charge < -0.3 is 19.5 Å². The predicted octanol–water partition coefficient (Wildman–Crippen LogP) is 3.99. The maximum absolute atomic E-state index is 14.4. The van der Waals surface area contributed by atoms with Crippen molar-refractivity contribution >= 4 is 17.3 Å². The van der Waals surface area contributed by atoms with Gasteiger partial charge in [0.1, 0.15) is 5.83 Å². The molecule has 1 aliphatic heterocycles. The van der Waals surface area contributed by atoms with E-state index in [1.165, 1.54) is 12.3 Å². The minimum Gasteiger partial charge on any atom is -0.378 e. The number of anilines is 3. The van der Waals surface area contributed by atoms with Crippen LogP contribution in [0.5, 0.6) is 0 Å². The van der Waals surface area contributed by atoms with Crippen LogP contribution in [0, 0.1) is 6.92 Å². The Bertz CT molecular complexity index is 1120. The van der Waals surface area contributed by atoms with Gasteiger partial charge in [-0.25, -0.2) is 13.2 Å². The molecular weight excluding hydrogens is 421 g/mol. The highest BCUT2D eigenvalue weighted by molar-refractivity contribution is 5.64. The SMILES string of the molecule is Cc1cc(N2CCOCC2)ccc1Nc1nc(=O)ccn1CC1=CC(C)(F)C(F)C(F)=C1. The van der Waals surface area contributed by atoms with Gasteiger partial charge in [-0.3, -0.25) is 4.79 Å². The second kappa shape index (κ2) is 8.82. The van der Waals surface area contributed by atoms with E-state index in [9.17, 15) is 18.0 Å². The van der Waals surface area contributed by atoms with Gasteiger partial charge in [0.2, 0.25) is 5.95 Å². The first-order chi connectivity index (χ1) is 15.2. The Balaban J connectivity index is 1.59. The number of ether oxygens (including phenoxy) is 1. The molecule has 1 fully saturated rings. The van der Waals surface area contributed by atoms with E-state index in [4.69, 9.17) is 4.74 Å². The minimum absolute atomic E-state index is 0.0141. The van der Waals surface area contributed by atoms with Gasteiger partial charge in [0.15, 0.2) is 11.8 Å². The lowest BCUT2D eigenvalue weighted by molar-refractivity contribution is 0.116. The highest BCUT2D eigenvalue weighted by Crippen LogP contribution is 2.34. The molecule has 4 rings (SSSR count). The van der Waals surface area contributed by atoms with Crippen LogP contribution in [0.15, 0.2) is 58.8 Å². The van der Waals surface area contributed by atoms with Gasteiger partial charge in [0, 0.05) is 36.7 Å². The standard InChI is InChI=1S/C23H25F3N4O2/c1-15-11-17(29-7-9-32-10-8-29)3-4-19(15)27-22-28-20(31)5-6-30(22)14-16-12-18(24)21(25)23(2,26)13-16/h3-6,11-13,21H,7-10,14H2,1-2H3,(H,27,28,31). The third-order valence-corrected chi connectivity index (χ3v) is 5.60. The van der Waals surface area contributed by atoms with E-state index in [2.05, 4.69) is 15.2 Å². The number of allylic oxidation sites excluding steroid dienone is 4. The summed E-state index contributed by atoms with van der Waals surface area (Å²) in [5, 5.41) is 3.14. The predicted molar refractivity (Wildman–Crippen MR) is 118 cm³/mol. The summed E-state index contributed by atoms with van der Waals surface area (Å²) < 4.78 is 49.0. The number of halogens is 3. The van der Waals surface area contributed by atoms with Gasteiger partial charge in [-0.2, -0.15) is 4.98 Å². The van der Waals surface area contributed by atoms with Crippen molar-refractivity contribution in [1.29, 1.82) is 0 Å². The summed E-state index contributed by atoms with van der Waals surface area (Å²) in [6.45, 7) is 5.95. The quantitative estimate of drug-likeness (QED) is 0.753. The first-order valence-electron chi connectivity index (χ1n) is 10.4. The lowest BCUT2D eigenvalue weighted by Crippen LogP contribution is -2.36. The average molecular weight is 446 g/mol. The Labute approximate surface area is 184 Å². The van der Waals surface area contributed by atoms with E-state index in [0.717, 1.165) is 49.1 Å². The second-order valence-electron chi connectivity index (χ2n) is 8.20. The molecular formula is C23H25F3N4O2. The molecule has 6 nitrogen and oxygen atoms in total. The fourth-order valence-corrected chi connectivity index (χ4v) is 3.87. The smallest absolute Gasteiger partial charge is 0.274 e. The van der Waals surface area contributed by atoms with Crippen LogP contribution in [-0.4, -0.2) is 47.7 Å². The summed E-state index contributed by atoms with van der Waals surface area (Å²) in [6.07, 6.45) is 1.20. The highest BCUT2D eigenvalue weighted by atomic mass is 19.2. The first-order valence-corrected chi connectivity index (χ1v) is 10.4. The molecule has 2 aliphatic rings. The Kier molecular flexibility index (Phi) is 6.10. The van der Waals surface area contributed by atoms with Gasteiger partial charge in [0.05, 0.1) is 19.8 Å². The van der Waals surface area contributed by atoms with Crippen molar-refractivity contribution in [2.75, 3.05) is 36.5 Å². The molecule has 0 amide bonds. The number of hydrogen-bond acceptors (Lipinski definition) is 5. The molecule has 2 heterocycles. The molecule has 1 aromatic heterocycles. The maximum atomic E-state index is 14.4. The summed E-state index contributed by atoms with van der Waals surface area (Å²) in [5.41, 5.74) is 0.107. The van der Waals surface area contributed by atoms with Crippen molar-refractivity contribution in [3.63, 3.8) is 0 Å². The van der Waals surface area contributed by atoms with Crippen LogP contribution in [0.2, 0.25) is 0 Å². The number of nitrogens with zero attached hydrogens (tertiary/aromatic N) is 3. The number of aryl methyl sites for hydroxylation is 1. The lowest BCUT2D eigenvalue weighted by atomic mass is 9.92. The molecule has 1 aliphatic carbocycles. The zero-order valence-corrected chi connectivity index (χ0v) is 17.9. The van der Waals surface area contributed by atoms with Crippen molar-refractivity contribution in [3.05, 3.63) is 69.9 Å². The van der Waals surface area contributed by atoms with E-state index >= 15 is 0 Å². The third kappa shape index (κ3) is 4.72. The number of alkyl halides is 2. The van der Waals surface area contributed by atoms with E-state index in [1.54, 1.807) is 4.57 Å². The molecule has 1 aromatic carbocycles. The Morgan fingerprint density at radius 1 is 1.28 bits per heavy atom. The fraction of sp³-hybridized carbons (Fsp3) is 0.391. The minimum atomic E-state index is -2.44. The zero-order valence-electron chi connectivity index (χ0n) is 17.9. The van der Waals surface area contributed by atoms with Crippen LogP contribution in [0.3, 0.4) is 0 Å². The van der Waals surface area contributed by atoms with Crippen molar-refractivity contribution < 1.29 is 17.9 Å². The van der Waals surface area contributed by atoms with Crippen molar-refractivity contribution in [2.24, 2.45) is 0 Å². The van der Waals surface area contributed by atoms with E-state index in [0.29, 0.717) is 13.2 Å². The molecule has 170 valence electrons. The largest absolute Gasteiger partial charge is 0.378 e. The van der Waals surface area contributed by atoms with Gasteiger partial charge in [-0.1, -0.05) is 0 Å². The van der Waals surface area contributed by atoms with Crippen molar-refractivity contribution in [3.8, 4) is 0 Å². The van der Waals surface area contributed by atoms with Gasteiger partial charge in [-0.05, 0) is 55.3 Å². The fourth-order valence-electron chi connectivity index (χ4n) is 3.87. The third-order valence-electron chi connectivity index (χ3n) is 5.60. The van der Waals surface area contributed by atoms with Crippen LogP contribution >= 0.6 is 0 Å². The monoisotopic (exact) mass is 446 g/mol. The summed E-state index contributed by atoms with van der Waals surface area (Å²) in [4.78, 5) is 18.1. The second-order valence-corrected chi connectivity index (χ2v) is 8.20. The lowest BCUT2D eigenvalue weighted by Gasteiger charge is -2.29. The average Bonchev–Trinajstić information content (AvgIpc) is 2.75. The number of morpholine rings is 1. The molecule has 0 saturated carbocycles. The molecule has 0 spiro atoms. The van der Waals surface area contributed by atoms with E-state index in [1.807, 2.05) is 25.1 Å².